The Morgan fingerprint density at radius 3 is 2.95 bits per heavy atom. The van der Waals surface area contributed by atoms with Gasteiger partial charge in [-0.3, -0.25) is 9.59 Å². The zero-order chi connectivity index (χ0) is 13.8. The molecule has 1 fully saturated rings. The van der Waals surface area contributed by atoms with Gasteiger partial charge in [0.2, 0.25) is 11.8 Å². The second-order valence-electron chi connectivity index (χ2n) is 4.35. The summed E-state index contributed by atoms with van der Waals surface area (Å²) in [5.74, 6) is 0.352. The molecule has 1 heterocycles. The maximum absolute atomic E-state index is 11.8. The number of carbonyl (C=O) groups is 2. The van der Waals surface area contributed by atoms with Gasteiger partial charge in [-0.2, -0.15) is 0 Å². The molecule has 1 atom stereocenters. The van der Waals surface area contributed by atoms with E-state index in [-0.39, 0.29) is 11.8 Å². The van der Waals surface area contributed by atoms with Crippen LogP contribution in [0.5, 0.6) is 5.75 Å². The molecular formula is C13H15ClN2O3. The molecule has 2 rings (SSSR count). The number of ether oxygens (including phenoxy) is 1. The molecule has 1 aromatic rings. The quantitative estimate of drug-likeness (QED) is 0.873. The van der Waals surface area contributed by atoms with Crippen molar-refractivity contribution in [3.63, 3.8) is 0 Å². The summed E-state index contributed by atoms with van der Waals surface area (Å²) in [6, 6.07) is 4.91. The molecule has 5 nitrogen and oxygen atoms in total. The van der Waals surface area contributed by atoms with E-state index in [0.29, 0.717) is 30.2 Å². The third kappa shape index (κ3) is 3.38. The fourth-order valence-corrected chi connectivity index (χ4v) is 2.22. The van der Waals surface area contributed by atoms with Crippen LogP contribution >= 0.6 is 11.6 Å². The first kappa shape index (κ1) is 13.7. The Labute approximate surface area is 116 Å². The first-order chi connectivity index (χ1) is 9.10. The monoisotopic (exact) mass is 282 g/mol. The van der Waals surface area contributed by atoms with Crippen molar-refractivity contribution in [1.29, 1.82) is 0 Å². The number of amides is 2. The zero-order valence-corrected chi connectivity index (χ0v) is 11.3. The number of benzene rings is 1. The zero-order valence-electron chi connectivity index (χ0n) is 10.5. The molecule has 6 heteroatoms. The van der Waals surface area contributed by atoms with Gasteiger partial charge in [0, 0.05) is 13.0 Å². The Morgan fingerprint density at radius 1 is 1.58 bits per heavy atom. The van der Waals surface area contributed by atoms with E-state index in [0.717, 1.165) is 5.56 Å². The van der Waals surface area contributed by atoms with Crippen molar-refractivity contribution in [1.82, 2.24) is 10.6 Å². The molecule has 0 bridgehead atoms. The molecule has 0 aromatic heterocycles. The van der Waals surface area contributed by atoms with Crippen molar-refractivity contribution in [2.24, 2.45) is 0 Å². The summed E-state index contributed by atoms with van der Waals surface area (Å²) in [7, 11) is 1.55. The molecule has 102 valence electrons. The van der Waals surface area contributed by atoms with Crippen LogP contribution < -0.4 is 15.4 Å². The first-order valence-corrected chi connectivity index (χ1v) is 6.37. The fraction of sp³-hybridized carbons (Fsp3) is 0.385. The van der Waals surface area contributed by atoms with Gasteiger partial charge < -0.3 is 15.4 Å². The molecule has 1 aromatic carbocycles. The molecular weight excluding hydrogens is 268 g/mol. The first-order valence-electron chi connectivity index (χ1n) is 5.99. The highest BCUT2D eigenvalue weighted by molar-refractivity contribution is 6.32. The average molecular weight is 283 g/mol. The minimum absolute atomic E-state index is 0.0763. The van der Waals surface area contributed by atoms with Crippen LogP contribution in [0.25, 0.3) is 0 Å². The van der Waals surface area contributed by atoms with Gasteiger partial charge in [-0.05, 0) is 24.1 Å². The number of methoxy groups -OCH3 is 1. The highest BCUT2D eigenvalue weighted by Gasteiger charge is 2.26. The largest absolute Gasteiger partial charge is 0.495 e. The van der Waals surface area contributed by atoms with Crippen LogP contribution in [-0.2, 0) is 16.1 Å². The molecule has 0 aliphatic carbocycles. The second-order valence-corrected chi connectivity index (χ2v) is 4.75. The Morgan fingerprint density at radius 2 is 2.37 bits per heavy atom. The van der Waals surface area contributed by atoms with Gasteiger partial charge in [-0.15, -0.1) is 0 Å². The van der Waals surface area contributed by atoms with Crippen LogP contribution in [0, 0.1) is 0 Å². The predicted octanol–water partition coefficient (Wildman–Crippen LogP) is 1.24. The average Bonchev–Trinajstić information content (AvgIpc) is 2.83. The molecule has 19 heavy (non-hydrogen) atoms. The van der Waals surface area contributed by atoms with Gasteiger partial charge in [0.25, 0.3) is 0 Å². The Bertz CT molecular complexity index is 505. The highest BCUT2D eigenvalue weighted by Crippen LogP contribution is 2.24. The van der Waals surface area contributed by atoms with Crippen molar-refractivity contribution in [3.05, 3.63) is 28.8 Å². The van der Waals surface area contributed by atoms with Crippen LogP contribution in [-0.4, -0.2) is 25.0 Å². The summed E-state index contributed by atoms with van der Waals surface area (Å²) in [6.07, 6.45) is 0.959. The van der Waals surface area contributed by atoms with E-state index < -0.39 is 6.04 Å². The van der Waals surface area contributed by atoms with Gasteiger partial charge in [-0.1, -0.05) is 17.7 Å². The predicted molar refractivity (Wildman–Crippen MR) is 71.0 cm³/mol. The smallest absolute Gasteiger partial charge is 0.242 e. The van der Waals surface area contributed by atoms with E-state index in [1.165, 1.54) is 0 Å². The minimum atomic E-state index is -0.416. The Hall–Kier alpha value is -1.75. The van der Waals surface area contributed by atoms with Crippen molar-refractivity contribution in [2.45, 2.75) is 25.4 Å². The van der Waals surface area contributed by atoms with E-state index in [1.54, 1.807) is 19.2 Å². The fourth-order valence-electron chi connectivity index (χ4n) is 1.94. The summed E-state index contributed by atoms with van der Waals surface area (Å²) in [6.45, 7) is 0.370. The molecule has 1 saturated heterocycles. The number of halogens is 1. The van der Waals surface area contributed by atoms with Crippen molar-refractivity contribution in [3.8, 4) is 5.75 Å². The topological polar surface area (TPSA) is 67.4 Å². The summed E-state index contributed by atoms with van der Waals surface area (Å²) in [5, 5.41) is 5.90. The molecule has 1 aliphatic heterocycles. The second kappa shape index (κ2) is 5.93. The van der Waals surface area contributed by atoms with Crippen LogP contribution in [0.3, 0.4) is 0 Å². The summed E-state index contributed by atoms with van der Waals surface area (Å²) < 4.78 is 5.05. The van der Waals surface area contributed by atoms with Crippen LogP contribution in [0.1, 0.15) is 18.4 Å². The summed E-state index contributed by atoms with van der Waals surface area (Å²) in [4.78, 5) is 22.8. The standard InChI is InChI=1S/C13H15ClN2O3/c1-19-11-4-2-8(6-9(11)14)7-15-13(18)10-3-5-12(17)16-10/h2,4,6,10H,3,5,7H2,1H3,(H,15,18)(H,16,17). The number of rotatable bonds is 4. The van der Waals surface area contributed by atoms with Crippen LogP contribution in [0.2, 0.25) is 5.02 Å². The Balaban J connectivity index is 1.90. The number of hydrogen-bond acceptors (Lipinski definition) is 3. The molecule has 1 aliphatic rings. The molecule has 2 amide bonds. The van der Waals surface area contributed by atoms with E-state index in [4.69, 9.17) is 16.3 Å². The summed E-state index contributed by atoms with van der Waals surface area (Å²) >= 11 is 6.00. The molecule has 0 radical (unpaired) electrons. The van der Waals surface area contributed by atoms with Gasteiger partial charge in [-0.25, -0.2) is 0 Å². The van der Waals surface area contributed by atoms with Gasteiger partial charge in [0.1, 0.15) is 11.8 Å². The van der Waals surface area contributed by atoms with E-state index in [2.05, 4.69) is 10.6 Å². The molecule has 2 N–H and O–H groups in total. The molecule has 1 unspecified atom stereocenters. The number of carbonyl (C=O) groups excluding carboxylic acids is 2. The normalized spacial score (nSPS) is 18.0. The molecule has 0 saturated carbocycles. The Kier molecular flexibility index (Phi) is 4.27. The van der Waals surface area contributed by atoms with Crippen molar-refractivity contribution >= 4 is 23.4 Å². The maximum Gasteiger partial charge on any atom is 0.242 e. The van der Waals surface area contributed by atoms with Crippen LogP contribution in [0.15, 0.2) is 18.2 Å². The lowest BCUT2D eigenvalue weighted by Gasteiger charge is -2.11. The maximum atomic E-state index is 11.8. The molecule has 0 spiro atoms. The highest BCUT2D eigenvalue weighted by atomic mass is 35.5. The minimum Gasteiger partial charge on any atom is -0.495 e. The third-order valence-corrected chi connectivity index (χ3v) is 3.29. The van der Waals surface area contributed by atoms with E-state index in [1.807, 2.05) is 6.07 Å². The number of hydrogen-bond donors (Lipinski definition) is 2. The lowest BCUT2D eigenvalue weighted by atomic mass is 10.2. The third-order valence-electron chi connectivity index (χ3n) is 2.99. The SMILES string of the molecule is COc1ccc(CNC(=O)C2CCC(=O)N2)cc1Cl. The van der Waals surface area contributed by atoms with E-state index >= 15 is 0 Å². The van der Waals surface area contributed by atoms with Gasteiger partial charge >= 0.3 is 0 Å². The van der Waals surface area contributed by atoms with E-state index in [9.17, 15) is 9.59 Å². The number of nitrogens with one attached hydrogen (secondary N) is 2. The lowest BCUT2D eigenvalue weighted by Crippen LogP contribution is -2.41. The van der Waals surface area contributed by atoms with Gasteiger partial charge in [0.15, 0.2) is 0 Å². The van der Waals surface area contributed by atoms with Crippen molar-refractivity contribution in [2.75, 3.05) is 7.11 Å². The van der Waals surface area contributed by atoms with Crippen LogP contribution in [0.4, 0.5) is 0 Å². The van der Waals surface area contributed by atoms with Crippen molar-refractivity contribution < 1.29 is 14.3 Å². The lowest BCUT2D eigenvalue weighted by molar-refractivity contribution is -0.125. The van der Waals surface area contributed by atoms with Gasteiger partial charge in [0.05, 0.1) is 12.1 Å². The summed E-state index contributed by atoms with van der Waals surface area (Å²) in [5.41, 5.74) is 0.878.